The van der Waals surface area contributed by atoms with Crippen LogP contribution in [0.4, 0.5) is 16.3 Å². The Balaban J connectivity index is 1.81. The number of hydrogen-bond acceptors (Lipinski definition) is 5. The summed E-state index contributed by atoms with van der Waals surface area (Å²) in [5.41, 5.74) is 1.62. The molecule has 128 valence electrons. The summed E-state index contributed by atoms with van der Waals surface area (Å²) in [6.07, 6.45) is 0.263. The molecule has 0 aliphatic carbocycles. The summed E-state index contributed by atoms with van der Waals surface area (Å²) in [7, 11) is 3.81. The molecule has 1 atom stereocenters. The third kappa shape index (κ3) is 5.37. The van der Waals surface area contributed by atoms with Crippen LogP contribution in [-0.4, -0.2) is 68.9 Å². The predicted octanol–water partition coefficient (Wildman–Crippen LogP) is 1.30. The van der Waals surface area contributed by atoms with Crippen LogP contribution >= 0.6 is 0 Å². The zero-order valence-corrected chi connectivity index (χ0v) is 14.4. The molecule has 0 radical (unpaired) electrons. The molecule has 2 amide bonds. The summed E-state index contributed by atoms with van der Waals surface area (Å²) in [6, 6.07) is 3.55. The number of carbonyl (C=O) groups is 1. The first-order valence-electron chi connectivity index (χ1n) is 7.99. The average molecular weight is 321 g/mol. The van der Waals surface area contributed by atoms with Gasteiger partial charge in [-0.3, -0.25) is 4.90 Å². The van der Waals surface area contributed by atoms with Crippen molar-refractivity contribution in [2.45, 2.75) is 20.0 Å². The highest BCUT2D eigenvalue weighted by Gasteiger charge is 2.16. The minimum Gasteiger partial charge on any atom is -0.376 e. The Kier molecular flexibility index (Phi) is 6.18. The van der Waals surface area contributed by atoms with Crippen molar-refractivity contribution in [3.63, 3.8) is 0 Å². The minimum absolute atomic E-state index is 0.208. The van der Waals surface area contributed by atoms with E-state index in [4.69, 9.17) is 4.74 Å². The highest BCUT2D eigenvalue weighted by molar-refractivity contribution is 5.92. The number of urea groups is 1. The number of nitrogens with one attached hydrogen (secondary N) is 2. The Morgan fingerprint density at radius 3 is 2.96 bits per heavy atom. The summed E-state index contributed by atoms with van der Waals surface area (Å²) in [6.45, 7) is 8.02. The van der Waals surface area contributed by atoms with E-state index in [-0.39, 0.29) is 12.1 Å². The van der Waals surface area contributed by atoms with Gasteiger partial charge in [-0.15, -0.1) is 0 Å². The van der Waals surface area contributed by atoms with Crippen LogP contribution in [0.5, 0.6) is 0 Å². The summed E-state index contributed by atoms with van der Waals surface area (Å²) >= 11 is 0. The summed E-state index contributed by atoms with van der Waals surface area (Å²) in [4.78, 5) is 20.7. The zero-order chi connectivity index (χ0) is 16.8. The average Bonchev–Trinajstić information content (AvgIpc) is 2.49. The van der Waals surface area contributed by atoms with Crippen molar-refractivity contribution < 1.29 is 9.53 Å². The van der Waals surface area contributed by atoms with E-state index >= 15 is 0 Å². The van der Waals surface area contributed by atoms with Gasteiger partial charge < -0.3 is 20.3 Å². The van der Waals surface area contributed by atoms with Gasteiger partial charge in [0.15, 0.2) is 5.82 Å². The van der Waals surface area contributed by atoms with Crippen LogP contribution in [0.1, 0.15) is 12.6 Å². The van der Waals surface area contributed by atoms with Gasteiger partial charge in [-0.1, -0.05) is 0 Å². The number of carbonyl (C=O) groups excluding carboxylic acids is 1. The SMILES string of the molecule is Cc1ccc(NC(=O)NCCN2CCO[C@@H](C)C2)c(N(C)C)n1. The molecule has 1 aliphatic rings. The third-order valence-electron chi connectivity index (χ3n) is 3.72. The number of amides is 2. The van der Waals surface area contributed by atoms with Crippen LogP contribution in [0, 0.1) is 6.92 Å². The molecule has 0 saturated carbocycles. The van der Waals surface area contributed by atoms with Crippen LogP contribution in [0.25, 0.3) is 0 Å². The van der Waals surface area contributed by atoms with Gasteiger partial charge in [0.2, 0.25) is 0 Å². The molecule has 1 aliphatic heterocycles. The van der Waals surface area contributed by atoms with E-state index < -0.39 is 0 Å². The lowest BCUT2D eigenvalue weighted by atomic mass is 10.3. The molecule has 1 aromatic rings. The van der Waals surface area contributed by atoms with Crippen LogP contribution in [0.3, 0.4) is 0 Å². The van der Waals surface area contributed by atoms with Crippen molar-refractivity contribution in [3.05, 3.63) is 17.8 Å². The Labute approximate surface area is 138 Å². The van der Waals surface area contributed by atoms with Gasteiger partial charge in [0, 0.05) is 46.0 Å². The molecule has 2 rings (SSSR count). The molecule has 0 unspecified atom stereocenters. The largest absolute Gasteiger partial charge is 0.376 e. The van der Waals surface area contributed by atoms with E-state index in [1.54, 1.807) is 0 Å². The molecule has 0 spiro atoms. The topological polar surface area (TPSA) is 69.7 Å². The fraction of sp³-hybridized carbons (Fsp3) is 0.625. The molecule has 2 heterocycles. The van der Waals surface area contributed by atoms with Crippen molar-refractivity contribution in [1.29, 1.82) is 0 Å². The molecule has 7 nitrogen and oxygen atoms in total. The van der Waals surface area contributed by atoms with Crippen molar-refractivity contribution in [1.82, 2.24) is 15.2 Å². The smallest absolute Gasteiger partial charge is 0.319 e. The van der Waals surface area contributed by atoms with Crippen LogP contribution < -0.4 is 15.5 Å². The van der Waals surface area contributed by atoms with Gasteiger partial charge in [-0.05, 0) is 26.0 Å². The molecule has 0 bridgehead atoms. The number of aryl methyl sites for hydroxylation is 1. The van der Waals surface area contributed by atoms with Crippen molar-refractivity contribution in [2.75, 3.05) is 57.1 Å². The van der Waals surface area contributed by atoms with Crippen LogP contribution in [0.15, 0.2) is 12.1 Å². The third-order valence-corrected chi connectivity index (χ3v) is 3.72. The monoisotopic (exact) mass is 321 g/mol. The first-order chi connectivity index (χ1) is 11.0. The molecular weight excluding hydrogens is 294 g/mol. The first-order valence-corrected chi connectivity index (χ1v) is 7.99. The number of aromatic nitrogens is 1. The summed E-state index contributed by atoms with van der Waals surface area (Å²) in [5, 5.41) is 5.76. The van der Waals surface area contributed by atoms with Gasteiger partial charge in [-0.25, -0.2) is 9.78 Å². The molecule has 1 saturated heterocycles. The maximum atomic E-state index is 12.1. The van der Waals surface area contributed by atoms with E-state index in [1.165, 1.54) is 0 Å². The summed E-state index contributed by atoms with van der Waals surface area (Å²) in [5.74, 6) is 0.752. The van der Waals surface area contributed by atoms with E-state index in [2.05, 4.69) is 27.4 Å². The number of rotatable bonds is 5. The van der Waals surface area contributed by atoms with Crippen LogP contribution in [-0.2, 0) is 4.74 Å². The normalized spacial score (nSPS) is 18.5. The van der Waals surface area contributed by atoms with Crippen molar-refractivity contribution in [2.24, 2.45) is 0 Å². The minimum atomic E-state index is -0.208. The highest BCUT2D eigenvalue weighted by atomic mass is 16.5. The van der Waals surface area contributed by atoms with Gasteiger partial charge in [0.1, 0.15) is 0 Å². The van der Waals surface area contributed by atoms with E-state index in [0.29, 0.717) is 12.2 Å². The van der Waals surface area contributed by atoms with Crippen molar-refractivity contribution in [3.8, 4) is 0 Å². The maximum Gasteiger partial charge on any atom is 0.319 e. The Bertz CT molecular complexity index is 535. The number of pyridine rings is 1. The number of nitrogens with zero attached hydrogens (tertiary/aromatic N) is 3. The quantitative estimate of drug-likeness (QED) is 0.855. The van der Waals surface area contributed by atoms with Gasteiger partial charge in [-0.2, -0.15) is 0 Å². The Hall–Kier alpha value is -1.86. The predicted molar refractivity (Wildman–Crippen MR) is 92.2 cm³/mol. The van der Waals surface area contributed by atoms with Crippen LogP contribution in [0.2, 0.25) is 0 Å². The van der Waals surface area contributed by atoms with Crippen molar-refractivity contribution >= 4 is 17.5 Å². The second-order valence-corrected chi connectivity index (χ2v) is 6.08. The van der Waals surface area contributed by atoms with Gasteiger partial charge in [0.05, 0.1) is 18.4 Å². The number of hydrogen-bond donors (Lipinski definition) is 2. The highest BCUT2D eigenvalue weighted by Crippen LogP contribution is 2.21. The molecule has 1 fully saturated rings. The molecule has 0 aromatic carbocycles. The molecular formula is C16H27N5O2. The lowest BCUT2D eigenvalue weighted by Gasteiger charge is -2.30. The molecule has 23 heavy (non-hydrogen) atoms. The lowest BCUT2D eigenvalue weighted by molar-refractivity contribution is -0.0174. The second-order valence-electron chi connectivity index (χ2n) is 6.08. The number of ether oxygens (including phenoxy) is 1. The number of anilines is 2. The first kappa shape index (κ1) is 17.5. The van der Waals surface area contributed by atoms with Gasteiger partial charge >= 0.3 is 6.03 Å². The number of morpholine rings is 1. The molecule has 1 aromatic heterocycles. The molecule has 7 heteroatoms. The van der Waals surface area contributed by atoms with Gasteiger partial charge in [0.25, 0.3) is 0 Å². The fourth-order valence-corrected chi connectivity index (χ4v) is 2.57. The Morgan fingerprint density at radius 2 is 2.26 bits per heavy atom. The summed E-state index contributed by atoms with van der Waals surface area (Å²) < 4.78 is 5.51. The lowest BCUT2D eigenvalue weighted by Crippen LogP contribution is -2.45. The zero-order valence-electron chi connectivity index (χ0n) is 14.4. The van der Waals surface area contributed by atoms with E-state index in [0.717, 1.165) is 37.8 Å². The van der Waals surface area contributed by atoms with E-state index in [1.807, 2.05) is 38.1 Å². The Morgan fingerprint density at radius 1 is 1.48 bits per heavy atom. The van der Waals surface area contributed by atoms with E-state index in [9.17, 15) is 4.79 Å². The molecule has 2 N–H and O–H groups in total. The maximum absolute atomic E-state index is 12.1. The second kappa shape index (κ2) is 8.12. The fourth-order valence-electron chi connectivity index (χ4n) is 2.57. The standard InChI is InChI=1S/C16H27N5O2/c1-12-5-6-14(15(18-12)20(3)4)19-16(22)17-7-8-21-9-10-23-13(2)11-21/h5-6,13H,7-11H2,1-4H3,(H2,17,19,22)/t13-/m0/s1.